The van der Waals surface area contributed by atoms with E-state index < -0.39 is 5.41 Å². The number of amides is 1. The quantitative estimate of drug-likeness (QED) is 0.687. The molecule has 2 aromatic carbocycles. The van der Waals surface area contributed by atoms with Crippen LogP contribution in [0.25, 0.3) is 0 Å². The highest BCUT2D eigenvalue weighted by Crippen LogP contribution is 2.42. The molecule has 4 heteroatoms. The van der Waals surface area contributed by atoms with E-state index >= 15 is 0 Å². The SMILES string of the molecule is CCCOc1ccc(NC(=O)C2(c3ccc(C)cc3)CCCC2)cc1Cl. The molecule has 3 rings (SSSR count). The second-order valence-corrected chi connectivity index (χ2v) is 7.51. The maximum Gasteiger partial charge on any atom is 0.235 e. The fourth-order valence-corrected chi connectivity index (χ4v) is 3.89. The summed E-state index contributed by atoms with van der Waals surface area (Å²) in [6.07, 6.45) is 4.84. The minimum absolute atomic E-state index is 0.0529. The van der Waals surface area contributed by atoms with Crippen molar-refractivity contribution >= 4 is 23.2 Å². The van der Waals surface area contributed by atoms with Gasteiger partial charge in [-0.05, 0) is 49.9 Å². The number of anilines is 1. The van der Waals surface area contributed by atoms with Crippen LogP contribution in [0.5, 0.6) is 5.75 Å². The molecule has 0 spiro atoms. The van der Waals surface area contributed by atoms with Gasteiger partial charge in [0.25, 0.3) is 0 Å². The van der Waals surface area contributed by atoms with Crippen LogP contribution in [0.15, 0.2) is 42.5 Å². The van der Waals surface area contributed by atoms with Gasteiger partial charge in [0.1, 0.15) is 5.75 Å². The molecule has 0 aromatic heterocycles. The maximum atomic E-state index is 13.2. The van der Waals surface area contributed by atoms with Gasteiger partial charge in [-0.15, -0.1) is 0 Å². The highest BCUT2D eigenvalue weighted by molar-refractivity contribution is 6.32. The molecule has 0 atom stereocenters. The molecule has 138 valence electrons. The Kier molecular flexibility index (Phi) is 5.87. The molecule has 1 fully saturated rings. The Balaban J connectivity index is 1.81. The molecular weight excluding hydrogens is 346 g/mol. The van der Waals surface area contributed by atoms with Crippen molar-refractivity contribution in [1.82, 2.24) is 0 Å². The van der Waals surface area contributed by atoms with Crippen LogP contribution in [0.3, 0.4) is 0 Å². The lowest BCUT2D eigenvalue weighted by atomic mass is 9.77. The Bertz CT molecular complexity index is 764. The van der Waals surface area contributed by atoms with Crippen LogP contribution >= 0.6 is 11.6 Å². The van der Waals surface area contributed by atoms with E-state index in [1.165, 1.54) is 5.56 Å². The maximum absolute atomic E-state index is 13.2. The zero-order valence-corrected chi connectivity index (χ0v) is 16.2. The number of benzene rings is 2. The predicted octanol–water partition coefficient (Wildman–Crippen LogP) is 5.89. The third-order valence-electron chi connectivity index (χ3n) is 5.15. The van der Waals surface area contributed by atoms with Gasteiger partial charge in [-0.3, -0.25) is 4.79 Å². The molecule has 2 aromatic rings. The van der Waals surface area contributed by atoms with E-state index in [2.05, 4.69) is 43.4 Å². The van der Waals surface area contributed by atoms with Crippen molar-refractivity contribution in [3.05, 3.63) is 58.6 Å². The average molecular weight is 372 g/mol. The predicted molar refractivity (Wildman–Crippen MR) is 107 cm³/mol. The lowest BCUT2D eigenvalue weighted by Crippen LogP contribution is -2.38. The first-order valence-electron chi connectivity index (χ1n) is 9.36. The standard InChI is InChI=1S/C22H26ClNO2/c1-3-14-26-20-11-10-18(15-19(20)23)24-21(25)22(12-4-5-13-22)17-8-6-16(2)7-9-17/h6-11,15H,3-5,12-14H2,1-2H3,(H,24,25). The molecule has 1 amide bonds. The molecule has 1 saturated carbocycles. The minimum Gasteiger partial charge on any atom is -0.492 e. The van der Waals surface area contributed by atoms with Crippen LogP contribution in [0.4, 0.5) is 5.69 Å². The van der Waals surface area contributed by atoms with Crippen molar-refractivity contribution in [2.75, 3.05) is 11.9 Å². The largest absolute Gasteiger partial charge is 0.492 e. The molecule has 3 nitrogen and oxygen atoms in total. The summed E-state index contributed by atoms with van der Waals surface area (Å²) in [6, 6.07) is 13.8. The molecule has 0 radical (unpaired) electrons. The van der Waals surface area contributed by atoms with Gasteiger partial charge in [0.05, 0.1) is 17.0 Å². The van der Waals surface area contributed by atoms with Crippen LogP contribution in [0.1, 0.15) is 50.2 Å². The van der Waals surface area contributed by atoms with Gasteiger partial charge < -0.3 is 10.1 Å². The summed E-state index contributed by atoms with van der Waals surface area (Å²) in [5.74, 6) is 0.706. The lowest BCUT2D eigenvalue weighted by molar-refractivity contribution is -0.121. The highest BCUT2D eigenvalue weighted by atomic mass is 35.5. The van der Waals surface area contributed by atoms with E-state index in [0.717, 1.165) is 37.7 Å². The van der Waals surface area contributed by atoms with E-state index in [4.69, 9.17) is 16.3 Å². The number of halogens is 1. The number of hydrogen-bond acceptors (Lipinski definition) is 2. The number of hydrogen-bond donors (Lipinski definition) is 1. The number of carbonyl (C=O) groups excluding carboxylic acids is 1. The number of carbonyl (C=O) groups is 1. The molecule has 1 aliphatic rings. The van der Waals surface area contributed by atoms with Gasteiger partial charge in [0, 0.05) is 5.69 Å². The molecule has 0 aliphatic heterocycles. The summed E-state index contributed by atoms with van der Waals surface area (Å²) in [4.78, 5) is 13.2. The lowest BCUT2D eigenvalue weighted by Gasteiger charge is -2.28. The van der Waals surface area contributed by atoms with Crippen molar-refractivity contribution in [1.29, 1.82) is 0 Å². The summed E-state index contributed by atoms with van der Waals surface area (Å²) in [6.45, 7) is 4.74. The number of aryl methyl sites for hydroxylation is 1. The van der Waals surface area contributed by atoms with Crippen molar-refractivity contribution in [3.63, 3.8) is 0 Å². The molecule has 0 bridgehead atoms. The molecule has 1 aliphatic carbocycles. The van der Waals surface area contributed by atoms with E-state index in [1.54, 1.807) is 6.07 Å². The molecule has 0 heterocycles. The molecule has 0 unspecified atom stereocenters. The van der Waals surface area contributed by atoms with Gasteiger partial charge in [0.15, 0.2) is 0 Å². The molecular formula is C22H26ClNO2. The first kappa shape index (κ1) is 18.8. The first-order valence-corrected chi connectivity index (χ1v) is 9.74. The Morgan fingerprint density at radius 2 is 1.85 bits per heavy atom. The number of ether oxygens (including phenoxy) is 1. The van der Waals surface area contributed by atoms with Crippen molar-refractivity contribution < 1.29 is 9.53 Å². The van der Waals surface area contributed by atoms with Gasteiger partial charge in [-0.25, -0.2) is 0 Å². The monoisotopic (exact) mass is 371 g/mol. The van der Waals surface area contributed by atoms with Crippen molar-refractivity contribution in [2.45, 2.75) is 51.4 Å². The van der Waals surface area contributed by atoms with Crippen molar-refractivity contribution in [3.8, 4) is 5.75 Å². The second kappa shape index (κ2) is 8.13. The molecule has 26 heavy (non-hydrogen) atoms. The van der Waals surface area contributed by atoms with Crippen LogP contribution in [0, 0.1) is 6.92 Å². The summed E-state index contributed by atoms with van der Waals surface area (Å²) in [7, 11) is 0. The zero-order chi connectivity index (χ0) is 18.6. The smallest absolute Gasteiger partial charge is 0.235 e. The fraction of sp³-hybridized carbons (Fsp3) is 0.409. The van der Waals surface area contributed by atoms with Crippen LogP contribution < -0.4 is 10.1 Å². The topological polar surface area (TPSA) is 38.3 Å². The number of nitrogens with one attached hydrogen (secondary N) is 1. The van der Waals surface area contributed by atoms with E-state index in [9.17, 15) is 4.79 Å². The van der Waals surface area contributed by atoms with E-state index in [-0.39, 0.29) is 5.91 Å². The van der Waals surface area contributed by atoms with E-state index in [1.807, 2.05) is 12.1 Å². The molecule has 1 N–H and O–H groups in total. The summed E-state index contributed by atoms with van der Waals surface area (Å²) >= 11 is 6.30. The second-order valence-electron chi connectivity index (χ2n) is 7.10. The summed E-state index contributed by atoms with van der Waals surface area (Å²) in [5, 5.41) is 3.60. The van der Waals surface area contributed by atoms with Gasteiger partial charge in [-0.1, -0.05) is 61.2 Å². The van der Waals surface area contributed by atoms with Crippen LogP contribution in [0.2, 0.25) is 5.02 Å². The first-order chi connectivity index (χ1) is 12.5. The summed E-state index contributed by atoms with van der Waals surface area (Å²) < 4.78 is 5.60. The van der Waals surface area contributed by atoms with Gasteiger partial charge in [-0.2, -0.15) is 0 Å². The Labute approximate surface area is 160 Å². The van der Waals surface area contributed by atoms with Crippen LogP contribution in [-0.2, 0) is 10.2 Å². The Hall–Kier alpha value is -2.00. The Morgan fingerprint density at radius 3 is 2.46 bits per heavy atom. The minimum atomic E-state index is -0.447. The van der Waals surface area contributed by atoms with Crippen molar-refractivity contribution in [2.24, 2.45) is 0 Å². The van der Waals surface area contributed by atoms with Crippen LogP contribution in [-0.4, -0.2) is 12.5 Å². The highest BCUT2D eigenvalue weighted by Gasteiger charge is 2.42. The average Bonchev–Trinajstić information content (AvgIpc) is 3.13. The third kappa shape index (κ3) is 3.88. The number of rotatable bonds is 6. The fourth-order valence-electron chi connectivity index (χ4n) is 3.66. The molecule has 0 saturated heterocycles. The van der Waals surface area contributed by atoms with Gasteiger partial charge in [0.2, 0.25) is 5.91 Å². The Morgan fingerprint density at radius 1 is 1.15 bits per heavy atom. The van der Waals surface area contributed by atoms with E-state index in [0.29, 0.717) is 23.1 Å². The van der Waals surface area contributed by atoms with Gasteiger partial charge >= 0.3 is 0 Å². The normalized spacial score (nSPS) is 15.7. The zero-order valence-electron chi connectivity index (χ0n) is 15.5. The third-order valence-corrected chi connectivity index (χ3v) is 5.44. The summed E-state index contributed by atoms with van der Waals surface area (Å²) in [5.41, 5.74) is 2.57.